The average molecular weight is 379 g/mol. The van der Waals surface area contributed by atoms with Crippen LogP contribution in [0.2, 0.25) is 0 Å². The van der Waals surface area contributed by atoms with Gasteiger partial charge in [-0.3, -0.25) is 9.59 Å². The molecule has 3 N–H and O–H groups in total. The molecule has 0 aromatic heterocycles. The minimum Gasteiger partial charge on any atom is -0.366 e. The third-order valence-electron chi connectivity index (χ3n) is 2.95. The first-order valence-electron chi connectivity index (χ1n) is 6.54. The van der Waals surface area contributed by atoms with Gasteiger partial charge in [0.15, 0.2) is 0 Å². The highest BCUT2D eigenvalue weighted by atomic mass is 79.9. The van der Waals surface area contributed by atoms with Gasteiger partial charge in [-0.15, -0.1) is 11.8 Å². The summed E-state index contributed by atoms with van der Waals surface area (Å²) in [6.07, 6.45) is 0. The Morgan fingerprint density at radius 1 is 1.18 bits per heavy atom. The van der Waals surface area contributed by atoms with Gasteiger partial charge in [0.1, 0.15) is 0 Å². The van der Waals surface area contributed by atoms with E-state index in [1.807, 2.05) is 25.1 Å². The van der Waals surface area contributed by atoms with Gasteiger partial charge in [-0.05, 0) is 55.0 Å². The van der Waals surface area contributed by atoms with Crippen LogP contribution in [0.25, 0.3) is 0 Å². The van der Waals surface area contributed by atoms with Crippen molar-refractivity contribution in [2.24, 2.45) is 5.73 Å². The molecule has 0 unspecified atom stereocenters. The highest BCUT2D eigenvalue weighted by Gasteiger charge is 2.07. The summed E-state index contributed by atoms with van der Waals surface area (Å²) in [6.45, 7) is 2.01. The van der Waals surface area contributed by atoms with Crippen molar-refractivity contribution in [1.29, 1.82) is 0 Å². The summed E-state index contributed by atoms with van der Waals surface area (Å²) in [5.74, 6) is -0.265. The number of thioether (sulfide) groups is 1. The Morgan fingerprint density at radius 3 is 2.45 bits per heavy atom. The molecule has 0 heterocycles. The molecule has 0 aliphatic rings. The Hall–Kier alpha value is -1.79. The topological polar surface area (TPSA) is 72.2 Å². The number of carbonyl (C=O) groups excluding carboxylic acids is 2. The van der Waals surface area contributed by atoms with Crippen LogP contribution in [0.4, 0.5) is 5.69 Å². The predicted octanol–water partition coefficient (Wildman–Crippen LogP) is 3.59. The number of amides is 2. The number of aryl methyl sites for hydroxylation is 1. The summed E-state index contributed by atoms with van der Waals surface area (Å²) < 4.78 is 1.02. The lowest BCUT2D eigenvalue weighted by Crippen LogP contribution is -2.15. The van der Waals surface area contributed by atoms with E-state index in [1.54, 1.807) is 24.3 Å². The first-order chi connectivity index (χ1) is 10.5. The Morgan fingerprint density at radius 2 is 1.86 bits per heavy atom. The highest BCUT2D eigenvalue weighted by Crippen LogP contribution is 2.25. The summed E-state index contributed by atoms with van der Waals surface area (Å²) in [4.78, 5) is 24.0. The van der Waals surface area contributed by atoms with E-state index in [2.05, 4.69) is 21.2 Å². The molecule has 2 rings (SSSR count). The number of nitrogens with one attached hydrogen (secondary N) is 1. The van der Waals surface area contributed by atoms with E-state index >= 15 is 0 Å². The number of rotatable bonds is 5. The van der Waals surface area contributed by atoms with Crippen LogP contribution in [0.1, 0.15) is 15.9 Å². The maximum absolute atomic E-state index is 11.9. The lowest BCUT2D eigenvalue weighted by Gasteiger charge is -2.07. The van der Waals surface area contributed by atoms with E-state index in [-0.39, 0.29) is 5.91 Å². The molecule has 2 aromatic carbocycles. The molecule has 0 saturated carbocycles. The van der Waals surface area contributed by atoms with Crippen LogP contribution in [0.3, 0.4) is 0 Å². The zero-order valence-corrected chi connectivity index (χ0v) is 14.3. The normalized spacial score (nSPS) is 10.3. The molecule has 0 radical (unpaired) electrons. The molecule has 114 valence electrons. The lowest BCUT2D eigenvalue weighted by atomic mass is 10.2. The number of nitrogens with two attached hydrogens (primary N) is 1. The second-order valence-corrected chi connectivity index (χ2v) is 6.62. The second-order valence-electron chi connectivity index (χ2n) is 4.69. The van der Waals surface area contributed by atoms with Crippen LogP contribution < -0.4 is 11.1 Å². The smallest absolute Gasteiger partial charge is 0.248 e. The minimum absolute atomic E-state index is 0.0980. The Kier molecular flexibility index (Phi) is 5.63. The quantitative estimate of drug-likeness (QED) is 0.780. The van der Waals surface area contributed by atoms with Crippen LogP contribution in [-0.4, -0.2) is 17.6 Å². The van der Waals surface area contributed by atoms with Gasteiger partial charge in [0.25, 0.3) is 0 Å². The molecule has 0 spiro atoms. The molecule has 2 amide bonds. The van der Waals surface area contributed by atoms with Crippen molar-refractivity contribution in [1.82, 2.24) is 0 Å². The summed E-state index contributed by atoms with van der Waals surface area (Å²) >= 11 is 4.90. The van der Waals surface area contributed by atoms with Crippen LogP contribution >= 0.6 is 27.7 Å². The van der Waals surface area contributed by atoms with E-state index in [4.69, 9.17) is 5.73 Å². The molecule has 0 bridgehead atoms. The number of hydrogen-bond acceptors (Lipinski definition) is 3. The van der Waals surface area contributed by atoms with Crippen LogP contribution in [0.5, 0.6) is 0 Å². The van der Waals surface area contributed by atoms with E-state index in [0.717, 1.165) is 14.9 Å². The molecule has 0 atom stereocenters. The van der Waals surface area contributed by atoms with Gasteiger partial charge in [0, 0.05) is 20.6 Å². The molecule has 0 aliphatic heterocycles. The van der Waals surface area contributed by atoms with Gasteiger partial charge in [-0.25, -0.2) is 0 Å². The monoisotopic (exact) mass is 378 g/mol. The molecular weight excluding hydrogens is 364 g/mol. The SMILES string of the molecule is Cc1cc(Br)ccc1SCC(=O)Nc1ccc(C(N)=O)cc1. The first-order valence-corrected chi connectivity index (χ1v) is 8.32. The number of benzene rings is 2. The molecule has 0 aliphatic carbocycles. The molecule has 2 aromatic rings. The van der Waals surface area contributed by atoms with Crippen LogP contribution in [0, 0.1) is 6.92 Å². The van der Waals surface area contributed by atoms with Gasteiger partial charge in [-0.2, -0.15) is 0 Å². The average Bonchev–Trinajstić information content (AvgIpc) is 2.47. The number of primary amides is 1. The minimum atomic E-state index is -0.487. The molecule has 0 fully saturated rings. The fourth-order valence-electron chi connectivity index (χ4n) is 1.83. The lowest BCUT2D eigenvalue weighted by molar-refractivity contribution is -0.113. The standard InChI is InChI=1S/C16H15BrN2O2S/c1-10-8-12(17)4-7-14(10)22-9-15(20)19-13-5-2-11(3-6-13)16(18)21/h2-8H,9H2,1H3,(H2,18,21)(H,19,20). The van der Waals surface area contributed by atoms with Crippen molar-refractivity contribution in [3.8, 4) is 0 Å². The van der Waals surface area contributed by atoms with Gasteiger partial charge in [-0.1, -0.05) is 15.9 Å². The van der Waals surface area contributed by atoms with Crippen molar-refractivity contribution in [2.75, 3.05) is 11.1 Å². The summed E-state index contributed by atoms with van der Waals surface area (Å²) in [5, 5.41) is 2.79. The van der Waals surface area contributed by atoms with Crippen molar-refractivity contribution in [3.63, 3.8) is 0 Å². The highest BCUT2D eigenvalue weighted by molar-refractivity contribution is 9.10. The van der Waals surface area contributed by atoms with E-state index < -0.39 is 5.91 Å². The van der Waals surface area contributed by atoms with Crippen molar-refractivity contribution in [3.05, 3.63) is 58.1 Å². The first kappa shape index (κ1) is 16.6. The number of anilines is 1. The van der Waals surface area contributed by atoms with E-state index in [9.17, 15) is 9.59 Å². The summed E-state index contributed by atoms with van der Waals surface area (Å²) in [7, 11) is 0. The third kappa shape index (κ3) is 4.61. The predicted molar refractivity (Wildman–Crippen MR) is 93.2 cm³/mol. The molecule has 0 saturated heterocycles. The van der Waals surface area contributed by atoms with Gasteiger partial charge < -0.3 is 11.1 Å². The Labute approximate surface area is 141 Å². The van der Waals surface area contributed by atoms with E-state index in [1.165, 1.54) is 11.8 Å². The van der Waals surface area contributed by atoms with Crippen molar-refractivity contribution >= 4 is 45.2 Å². The largest absolute Gasteiger partial charge is 0.366 e. The zero-order chi connectivity index (χ0) is 16.1. The zero-order valence-electron chi connectivity index (χ0n) is 11.9. The van der Waals surface area contributed by atoms with Crippen LogP contribution in [-0.2, 0) is 4.79 Å². The van der Waals surface area contributed by atoms with Crippen molar-refractivity contribution in [2.45, 2.75) is 11.8 Å². The van der Waals surface area contributed by atoms with Crippen molar-refractivity contribution < 1.29 is 9.59 Å². The molecule has 6 heteroatoms. The maximum atomic E-state index is 11.9. The number of hydrogen-bond donors (Lipinski definition) is 2. The number of halogens is 1. The maximum Gasteiger partial charge on any atom is 0.248 e. The molecular formula is C16H15BrN2O2S. The number of carbonyl (C=O) groups is 2. The van der Waals surface area contributed by atoms with Gasteiger partial charge in [0.2, 0.25) is 11.8 Å². The molecule has 22 heavy (non-hydrogen) atoms. The fraction of sp³-hybridized carbons (Fsp3) is 0.125. The fourth-order valence-corrected chi connectivity index (χ4v) is 3.12. The second kappa shape index (κ2) is 7.47. The summed E-state index contributed by atoms with van der Waals surface area (Å²) in [5.41, 5.74) is 7.35. The Balaban J connectivity index is 1.91. The molecule has 4 nitrogen and oxygen atoms in total. The third-order valence-corrected chi connectivity index (χ3v) is 4.62. The van der Waals surface area contributed by atoms with Crippen LogP contribution in [0.15, 0.2) is 51.8 Å². The van der Waals surface area contributed by atoms with Gasteiger partial charge >= 0.3 is 0 Å². The van der Waals surface area contributed by atoms with Gasteiger partial charge in [0.05, 0.1) is 5.75 Å². The van der Waals surface area contributed by atoms with E-state index in [0.29, 0.717) is 17.0 Å². The Bertz CT molecular complexity index is 702. The summed E-state index contributed by atoms with van der Waals surface area (Å²) in [6, 6.07) is 12.5.